The molecule has 3 heterocycles. The van der Waals surface area contributed by atoms with Gasteiger partial charge in [0.1, 0.15) is 5.75 Å². The van der Waals surface area contributed by atoms with Gasteiger partial charge in [-0.05, 0) is 55.3 Å². The van der Waals surface area contributed by atoms with Gasteiger partial charge in [-0.15, -0.1) is 0 Å². The number of rotatable bonds is 5. The summed E-state index contributed by atoms with van der Waals surface area (Å²) in [6.07, 6.45) is 2.70. The van der Waals surface area contributed by atoms with E-state index in [0.29, 0.717) is 17.9 Å². The number of hydrogen-bond acceptors (Lipinski definition) is 6. The van der Waals surface area contributed by atoms with E-state index in [1.807, 2.05) is 26.8 Å². The van der Waals surface area contributed by atoms with Crippen molar-refractivity contribution in [1.29, 1.82) is 0 Å². The van der Waals surface area contributed by atoms with Gasteiger partial charge in [-0.3, -0.25) is 9.78 Å². The van der Waals surface area contributed by atoms with Crippen LogP contribution in [0.2, 0.25) is 0 Å². The third kappa shape index (κ3) is 4.05. The number of fused-ring (bicyclic) bond motifs is 1. The van der Waals surface area contributed by atoms with Crippen LogP contribution in [0.15, 0.2) is 35.0 Å². The van der Waals surface area contributed by atoms with Gasteiger partial charge in [0.05, 0.1) is 5.56 Å². The van der Waals surface area contributed by atoms with Crippen LogP contribution < -0.4 is 5.32 Å². The van der Waals surface area contributed by atoms with Gasteiger partial charge in [0.15, 0.2) is 11.5 Å². The van der Waals surface area contributed by atoms with Crippen LogP contribution in [0.5, 0.6) is 5.75 Å². The Bertz CT molecular complexity index is 1120. The van der Waals surface area contributed by atoms with Crippen molar-refractivity contribution in [3.63, 3.8) is 0 Å². The predicted octanol–water partition coefficient (Wildman–Crippen LogP) is 3.97. The number of carbonyl (C=O) groups is 1. The molecule has 3 aromatic rings. The molecule has 0 aliphatic carbocycles. The Labute approximate surface area is 182 Å². The summed E-state index contributed by atoms with van der Waals surface area (Å²) in [5.41, 5.74) is 5.46. The van der Waals surface area contributed by atoms with Crippen LogP contribution in [-0.4, -0.2) is 46.2 Å². The van der Waals surface area contributed by atoms with Crippen LogP contribution in [0.1, 0.15) is 54.0 Å². The second kappa shape index (κ2) is 8.51. The van der Waals surface area contributed by atoms with Crippen molar-refractivity contribution in [3.8, 4) is 28.2 Å². The summed E-state index contributed by atoms with van der Waals surface area (Å²) in [6.45, 7) is 8.18. The molecule has 1 aliphatic heterocycles. The zero-order chi connectivity index (χ0) is 22.1. The van der Waals surface area contributed by atoms with Crippen molar-refractivity contribution in [2.45, 2.75) is 39.7 Å². The van der Waals surface area contributed by atoms with E-state index < -0.39 is 0 Å². The van der Waals surface area contributed by atoms with Gasteiger partial charge in [-0.1, -0.05) is 19.0 Å². The van der Waals surface area contributed by atoms with Crippen LogP contribution in [0.25, 0.3) is 22.5 Å². The molecule has 0 unspecified atom stereocenters. The van der Waals surface area contributed by atoms with Crippen LogP contribution in [0, 0.1) is 0 Å². The van der Waals surface area contributed by atoms with Crippen LogP contribution >= 0.6 is 0 Å². The van der Waals surface area contributed by atoms with Gasteiger partial charge in [0, 0.05) is 49.1 Å². The zero-order valence-electron chi connectivity index (χ0n) is 18.4. The molecule has 1 aromatic carbocycles. The molecular formula is C24H28N4O3. The van der Waals surface area contributed by atoms with E-state index >= 15 is 0 Å². The molecule has 0 saturated carbocycles. The van der Waals surface area contributed by atoms with E-state index in [0.717, 1.165) is 47.5 Å². The topological polar surface area (TPSA) is 91.5 Å². The monoisotopic (exact) mass is 420 g/mol. The van der Waals surface area contributed by atoms with Crippen molar-refractivity contribution in [1.82, 2.24) is 20.4 Å². The van der Waals surface area contributed by atoms with Gasteiger partial charge in [0.25, 0.3) is 5.91 Å². The van der Waals surface area contributed by atoms with E-state index in [9.17, 15) is 9.90 Å². The molecule has 0 fully saturated rings. The van der Waals surface area contributed by atoms with Crippen LogP contribution in [-0.2, 0) is 13.0 Å². The first-order chi connectivity index (χ1) is 14.9. The first-order valence-corrected chi connectivity index (χ1v) is 10.7. The van der Waals surface area contributed by atoms with E-state index in [2.05, 4.69) is 33.5 Å². The second-order valence-corrected chi connectivity index (χ2v) is 8.34. The summed E-state index contributed by atoms with van der Waals surface area (Å²) in [6, 6.07) is 7.42. The van der Waals surface area contributed by atoms with Gasteiger partial charge in [0.2, 0.25) is 0 Å². The number of pyridine rings is 1. The van der Waals surface area contributed by atoms with Crippen molar-refractivity contribution in [2.75, 3.05) is 20.1 Å². The van der Waals surface area contributed by atoms with Gasteiger partial charge >= 0.3 is 0 Å². The van der Waals surface area contributed by atoms with E-state index in [1.165, 1.54) is 0 Å². The normalized spacial score (nSPS) is 14.0. The number of nitrogens with one attached hydrogen (secondary N) is 1. The molecule has 0 atom stereocenters. The average molecular weight is 421 g/mol. The molecule has 0 saturated heterocycles. The Morgan fingerprint density at radius 1 is 1.29 bits per heavy atom. The number of likely N-dealkylation sites (N-methyl/N-ethyl adjacent to an activating group) is 1. The summed E-state index contributed by atoms with van der Waals surface area (Å²) in [7, 11) is 2.09. The molecule has 4 rings (SSSR count). The fourth-order valence-electron chi connectivity index (χ4n) is 4.02. The standard InChI is InChI=1S/C24H28N4O3/c1-5-25-24(30)22-21(16-10-17-13-28(4)9-8-19(17)26-12-16)23(31-27-22)15-6-7-20(29)18(11-15)14(2)3/h6-7,10-12,14,29H,5,8-9,13H2,1-4H3,(H,25,30). The van der Waals surface area contributed by atoms with E-state index in [-0.39, 0.29) is 23.3 Å². The van der Waals surface area contributed by atoms with Crippen molar-refractivity contribution < 1.29 is 14.4 Å². The number of carbonyl (C=O) groups excluding carboxylic acids is 1. The highest BCUT2D eigenvalue weighted by Crippen LogP contribution is 2.38. The molecule has 1 aliphatic rings. The minimum atomic E-state index is -0.287. The molecule has 0 spiro atoms. The zero-order valence-corrected chi connectivity index (χ0v) is 18.4. The first-order valence-electron chi connectivity index (χ1n) is 10.7. The number of aromatic hydroxyl groups is 1. The summed E-state index contributed by atoms with van der Waals surface area (Å²) < 4.78 is 5.71. The molecule has 1 amide bonds. The Hall–Kier alpha value is -3.19. The molecule has 7 heteroatoms. The highest BCUT2D eigenvalue weighted by Gasteiger charge is 2.26. The van der Waals surface area contributed by atoms with Crippen molar-refractivity contribution >= 4 is 5.91 Å². The SMILES string of the molecule is CCNC(=O)c1noc(-c2ccc(O)c(C(C)C)c2)c1-c1cnc2c(c1)CN(C)CC2. The lowest BCUT2D eigenvalue weighted by atomic mass is 9.94. The summed E-state index contributed by atoms with van der Waals surface area (Å²) in [4.78, 5) is 19.7. The minimum Gasteiger partial charge on any atom is -0.508 e. The number of nitrogens with zero attached hydrogens (tertiary/aromatic N) is 3. The minimum absolute atomic E-state index is 0.134. The molecule has 0 radical (unpaired) electrons. The molecule has 7 nitrogen and oxygen atoms in total. The largest absolute Gasteiger partial charge is 0.508 e. The number of phenols is 1. The van der Waals surface area contributed by atoms with Gasteiger partial charge < -0.3 is 19.8 Å². The molecule has 2 aromatic heterocycles. The number of amides is 1. The van der Waals surface area contributed by atoms with Crippen molar-refractivity contribution in [3.05, 3.63) is 53.0 Å². The molecule has 162 valence electrons. The van der Waals surface area contributed by atoms with Crippen molar-refractivity contribution in [2.24, 2.45) is 0 Å². The van der Waals surface area contributed by atoms with Gasteiger partial charge in [-0.25, -0.2) is 0 Å². The maximum Gasteiger partial charge on any atom is 0.274 e. The lowest BCUT2D eigenvalue weighted by molar-refractivity contribution is 0.0947. The highest BCUT2D eigenvalue weighted by molar-refractivity contribution is 6.02. The fourth-order valence-corrected chi connectivity index (χ4v) is 4.02. The molecule has 2 N–H and O–H groups in total. The Kier molecular flexibility index (Phi) is 5.78. The molecule has 0 bridgehead atoms. The summed E-state index contributed by atoms with van der Waals surface area (Å²) >= 11 is 0. The van der Waals surface area contributed by atoms with Crippen LogP contribution in [0.3, 0.4) is 0 Å². The second-order valence-electron chi connectivity index (χ2n) is 8.34. The number of benzene rings is 1. The van der Waals surface area contributed by atoms with E-state index in [4.69, 9.17) is 4.52 Å². The molecular weight excluding hydrogens is 392 g/mol. The molecule has 31 heavy (non-hydrogen) atoms. The maximum atomic E-state index is 12.8. The number of phenolic OH excluding ortho intramolecular Hbond substituents is 1. The number of hydrogen-bond donors (Lipinski definition) is 2. The lowest BCUT2D eigenvalue weighted by Crippen LogP contribution is -2.27. The first kappa shape index (κ1) is 21.1. The fraction of sp³-hybridized carbons (Fsp3) is 0.375. The highest BCUT2D eigenvalue weighted by atomic mass is 16.5. The predicted molar refractivity (Wildman–Crippen MR) is 119 cm³/mol. The third-order valence-electron chi connectivity index (χ3n) is 5.68. The summed E-state index contributed by atoms with van der Waals surface area (Å²) in [5.74, 6) is 0.580. The average Bonchev–Trinajstić information content (AvgIpc) is 3.18. The van der Waals surface area contributed by atoms with E-state index in [1.54, 1.807) is 18.3 Å². The third-order valence-corrected chi connectivity index (χ3v) is 5.68. The Morgan fingerprint density at radius 2 is 2.10 bits per heavy atom. The van der Waals surface area contributed by atoms with Crippen LogP contribution in [0.4, 0.5) is 0 Å². The van der Waals surface area contributed by atoms with Gasteiger partial charge in [-0.2, -0.15) is 0 Å². The Balaban J connectivity index is 1.88. The quantitative estimate of drug-likeness (QED) is 0.649. The Morgan fingerprint density at radius 3 is 2.84 bits per heavy atom. The maximum absolute atomic E-state index is 12.8. The lowest BCUT2D eigenvalue weighted by Gasteiger charge is -2.24. The number of aromatic nitrogens is 2. The summed E-state index contributed by atoms with van der Waals surface area (Å²) in [5, 5.41) is 17.2. The smallest absolute Gasteiger partial charge is 0.274 e.